The highest BCUT2D eigenvalue weighted by Gasteiger charge is 2.33. The van der Waals surface area contributed by atoms with Crippen molar-refractivity contribution in [2.24, 2.45) is 11.3 Å². The molecule has 158 valence electrons. The Kier molecular flexibility index (Phi) is 8.75. The van der Waals surface area contributed by atoms with Crippen LogP contribution in [0.3, 0.4) is 0 Å². The molecule has 1 aromatic carbocycles. The highest BCUT2D eigenvalue weighted by Crippen LogP contribution is 2.40. The molecule has 0 unspecified atom stereocenters. The lowest BCUT2D eigenvalue weighted by Gasteiger charge is -2.38. The maximum absolute atomic E-state index is 12.6. The molecule has 0 radical (unpaired) electrons. The molecule has 1 heterocycles. The van der Waals surface area contributed by atoms with Crippen LogP contribution in [-0.2, 0) is 16.1 Å². The van der Waals surface area contributed by atoms with Gasteiger partial charge in [0.05, 0.1) is 0 Å². The molecule has 3 heteroatoms. The van der Waals surface area contributed by atoms with Gasteiger partial charge in [-0.3, -0.25) is 0 Å². The monoisotopic (exact) mass is 395 g/mol. The zero-order chi connectivity index (χ0) is 21.3. The average molecular weight is 396 g/mol. The first-order valence-electron chi connectivity index (χ1n) is 10.8. The molecule has 0 aromatic heterocycles. The van der Waals surface area contributed by atoms with Crippen molar-refractivity contribution in [3.63, 3.8) is 0 Å². The number of carbonyl (C=O) groups is 1. The van der Waals surface area contributed by atoms with Crippen LogP contribution in [0.15, 0.2) is 66.4 Å². The van der Waals surface area contributed by atoms with Gasteiger partial charge in [-0.05, 0) is 50.5 Å². The first-order chi connectivity index (χ1) is 13.9. The number of carbonyl (C=O) groups excluding carboxylic acids is 1. The molecule has 2 atom stereocenters. The predicted octanol–water partition coefficient (Wildman–Crippen LogP) is 6.28. The maximum Gasteiger partial charge on any atom is 0.332 e. The molecule has 0 aliphatic carbocycles. The van der Waals surface area contributed by atoms with Gasteiger partial charge in [0.25, 0.3) is 0 Å². The van der Waals surface area contributed by atoms with E-state index < -0.39 is 0 Å². The molecule has 1 fully saturated rings. The number of nitrogens with zero attached hydrogens (tertiary/aromatic N) is 1. The molecule has 1 aliphatic rings. The Morgan fingerprint density at radius 3 is 2.48 bits per heavy atom. The molecule has 1 aliphatic heterocycles. The lowest BCUT2D eigenvalue weighted by Crippen LogP contribution is -2.33. The fraction of sp³-hybridized carbons (Fsp3) is 0.500. The van der Waals surface area contributed by atoms with Gasteiger partial charge in [0.2, 0.25) is 0 Å². The van der Waals surface area contributed by atoms with E-state index in [1.165, 1.54) is 18.4 Å². The number of rotatable bonds is 10. The van der Waals surface area contributed by atoms with E-state index in [1.807, 2.05) is 30.3 Å². The summed E-state index contributed by atoms with van der Waals surface area (Å²) in [6, 6.07) is 9.82. The highest BCUT2D eigenvalue weighted by molar-refractivity contribution is 5.82. The minimum absolute atomic E-state index is 0.0833. The molecule has 0 amide bonds. The summed E-state index contributed by atoms with van der Waals surface area (Å²) in [5.41, 5.74) is 3.34. The van der Waals surface area contributed by atoms with Crippen LogP contribution >= 0.6 is 0 Å². The quantitative estimate of drug-likeness (QED) is 0.265. The third kappa shape index (κ3) is 6.92. The summed E-state index contributed by atoms with van der Waals surface area (Å²) in [5, 5.41) is 0. The number of hydrogen-bond acceptors (Lipinski definition) is 3. The Hall–Kier alpha value is -2.29. The number of ether oxygens (including phenoxy) is 1. The Bertz CT molecular complexity index is 724. The van der Waals surface area contributed by atoms with Crippen LogP contribution in [0.1, 0.15) is 58.9 Å². The molecular weight excluding hydrogens is 358 g/mol. The molecule has 0 N–H and O–H groups in total. The lowest BCUT2D eigenvalue weighted by atomic mass is 9.72. The number of esters is 1. The van der Waals surface area contributed by atoms with Gasteiger partial charge in [0, 0.05) is 30.8 Å². The first-order valence-corrected chi connectivity index (χ1v) is 10.8. The Labute approximate surface area is 177 Å². The molecule has 0 saturated carbocycles. The van der Waals surface area contributed by atoms with Crippen molar-refractivity contribution in [1.29, 1.82) is 0 Å². The van der Waals surface area contributed by atoms with Crippen molar-refractivity contribution in [2.75, 3.05) is 13.1 Å². The summed E-state index contributed by atoms with van der Waals surface area (Å²) in [5.74, 6) is -0.0775. The Balaban J connectivity index is 2.16. The molecular formula is C26H37NO2. The van der Waals surface area contributed by atoms with Gasteiger partial charge >= 0.3 is 5.97 Å². The normalized spacial score (nSPS) is 17.4. The van der Waals surface area contributed by atoms with Gasteiger partial charge in [-0.25, -0.2) is 4.79 Å². The predicted molar refractivity (Wildman–Crippen MR) is 121 cm³/mol. The van der Waals surface area contributed by atoms with E-state index in [2.05, 4.69) is 51.3 Å². The van der Waals surface area contributed by atoms with Gasteiger partial charge in [-0.15, -0.1) is 6.58 Å². The number of likely N-dealkylation sites (tertiary alicyclic amines) is 1. The summed E-state index contributed by atoms with van der Waals surface area (Å²) >= 11 is 0. The molecule has 0 spiro atoms. The smallest absolute Gasteiger partial charge is 0.332 e. The van der Waals surface area contributed by atoms with E-state index >= 15 is 0 Å². The molecule has 2 rings (SSSR count). The maximum atomic E-state index is 12.6. The van der Waals surface area contributed by atoms with Crippen molar-refractivity contribution in [3.05, 3.63) is 72.0 Å². The van der Waals surface area contributed by atoms with Crippen molar-refractivity contribution in [3.8, 4) is 0 Å². The van der Waals surface area contributed by atoms with Crippen LogP contribution < -0.4 is 0 Å². The van der Waals surface area contributed by atoms with E-state index in [1.54, 1.807) is 6.08 Å². The van der Waals surface area contributed by atoms with Gasteiger partial charge in [0.1, 0.15) is 6.61 Å². The zero-order valence-corrected chi connectivity index (χ0v) is 18.6. The van der Waals surface area contributed by atoms with Crippen LogP contribution in [0.4, 0.5) is 0 Å². The summed E-state index contributed by atoms with van der Waals surface area (Å²) in [4.78, 5) is 15.0. The second-order valence-electron chi connectivity index (χ2n) is 8.61. The van der Waals surface area contributed by atoms with E-state index in [-0.39, 0.29) is 17.3 Å². The Morgan fingerprint density at radius 2 is 1.90 bits per heavy atom. The van der Waals surface area contributed by atoms with Crippen LogP contribution in [0.25, 0.3) is 0 Å². The second kappa shape index (κ2) is 11.0. The summed E-state index contributed by atoms with van der Waals surface area (Å²) in [6.45, 7) is 15.2. The zero-order valence-electron chi connectivity index (χ0n) is 18.6. The van der Waals surface area contributed by atoms with E-state index in [0.29, 0.717) is 6.61 Å². The van der Waals surface area contributed by atoms with Crippen molar-refractivity contribution in [2.45, 2.75) is 60.0 Å². The fourth-order valence-electron chi connectivity index (χ4n) is 3.86. The number of allylic oxidation sites excluding steroid dienone is 4. The number of benzene rings is 1. The van der Waals surface area contributed by atoms with Gasteiger partial charge < -0.3 is 9.64 Å². The fourth-order valence-corrected chi connectivity index (χ4v) is 3.86. The molecule has 0 bridgehead atoms. The standard InChI is InChI=1S/C26H37NO2/c1-6-26(5,16-12-13-21(2)3)22(4)24(27-17-10-11-18-27)19-25(28)29-20-23-14-8-7-9-15-23/h6-9,13-15,19,22H,1,10-12,16-18,20H2,2-5H3/b24-19+/t22-,26+/m1/s1. The topological polar surface area (TPSA) is 29.5 Å². The third-order valence-corrected chi connectivity index (χ3v) is 6.10. The molecule has 1 saturated heterocycles. The highest BCUT2D eigenvalue weighted by atomic mass is 16.5. The van der Waals surface area contributed by atoms with Crippen LogP contribution in [0.2, 0.25) is 0 Å². The summed E-state index contributed by atoms with van der Waals surface area (Å²) in [7, 11) is 0. The van der Waals surface area contributed by atoms with E-state index in [9.17, 15) is 4.79 Å². The minimum atomic E-state index is -0.265. The minimum Gasteiger partial charge on any atom is -0.458 e. The number of hydrogen-bond donors (Lipinski definition) is 0. The van der Waals surface area contributed by atoms with Crippen LogP contribution in [0, 0.1) is 11.3 Å². The van der Waals surface area contributed by atoms with Crippen LogP contribution in [-0.4, -0.2) is 24.0 Å². The van der Waals surface area contributed by atoms with E-state index in [4.69, 9.17) is 4.74 Å². The molecule has 3 nitrogen and oxygen atoms in total. The average Bonchev–Trinajstić information content (AvgIpc) is 3.25. The first kappa shape index (κ1) is 23.0. The van der Waals surface area contributed by atoms with Crippen LogP contribution in [0.5, 0.6) is 0 Å². The largest absolute Gasteiger partial charge is 0.458 e. The summed E-state index contributed by atoms with van der Waals surface area (Å²) in [6.07, 6.45) is 10.4. The van der Waals surface area contributed by atoms with Crippen molar-refractivity contribution in [1.82, 2.24) is 4.90 Å². The SMILES string of the molecule is C=C[C@@](C)(CCC=C(C)C)[C@H](C)/C(=C\C(=O)OCc1ccccc1)N1CCCC1. The third-order valence-electron chi connectivity index (χ3n) is 6.10. The van der Waals surface area contributed by atoms with E-state index in [0.717, 1.165) is 37.2 Å². The lowest BCUT2D eigenvalue weighted by molar-refractivity contribution is -0.139. The summed E-state index contributed by atoms with van der Waals surface area (Å²) < 4.78 is 5.55. The van der Waals surface area contributed by atoms with Crippen molar-refractivity contribution >= 4 is 5.97 Å². The van der Waals surface area contributed by atoms with Crippen molar-refractivity contribution < 1.29 is 9.53 Å². The molecule has 29 heavy (non-hydrogen) atoms. The molecule has 1 aromatic rings. The Morgan fingerprint density at radius 1 is 1.24 bits per heavy atom. The van der Waals surface area contributed by atoms with Gasteiger partial charge in [-0.2, -0.15) is 0 Å². The van der Waals surface area contributed by atoms with Gasteiger partial charge in [-0.1, -0.05) is 61.9 Å². The second-order valence-corrected chi connectivity index (χ2v) is 8.61. The van der Waals surface area contributed by atoms with Gasteiger partial charge in [0.15, 0.2) is 0 Å².